The fourth-order valence-electron chi connectivity index (χ4n) is 1.46. The van der Waals surface area contributed by atoms with Crippen LogP contribution < -0.4 is 0 Å². The van der Waals surface area contributed by atoms with Crippen LogP contribution in [0.1, 0.15) is 12.0 Å². The number of rotatable bonds is 3. The molecule has 3 nitrogen and oxygen atoms in total. The summed E-state index contributed by atoms with van der Waals surface area (Å²) in [6.07, 6.45) is -0.256. The van der Waals surface area contributed by atoms with E-state index < -0.39 is 12.4 Å². The Balaban J connectivity index is 1.82. The van der Waals surface area contributed by atoms with Crippen LogP contribution in [0.4, 0.5) is 0 Å². The van der Waals surface area contributed by atoms with Gasteiger partial charge in [-0.3, -0.25) is 0 Å². The average molecular weight is 194 g/mol. The second-order valence-electron chi connectivity index (χ2n) is 3.39. The molecule has 1 heterocycles. The van der Waals surface area contributed by atoms with Crippen molar-refractivity contribution in [1.29, 1.82) is 0 Å². The first-order valence-electron chi connectivity index (χ1n) is 4.81. The Hall–Kier alpha value is -0.900. The maximum Gasteiger partial charge on any atom is 0.183 e. The lowest BCUT2D eigenvalue weighted by Crippen LogP contribution is -2.23. The second kappa shape index (κ2) is 4.55. The van der Waals surface area contributed by atoms with Crippen LogP contribution in [0.15, 0.2) is 30.3 Å². The van der Waals surface area contributed by atoms with Crippen LogP contribution in [0.2, 0.25) is 0 Å². The van der Waals surface area contributed by atoms with Crippen LogP contribution in [-0.4, -0.2) is 24.1 Å². The van der Waals surface area contributed by atoms with Gasteiger partial charge in [0.2, 0.25) is 0 Å². The number of benzene rings is 1. The first kappa shape index (κ1) is 9.65. The molecule has 0 aliphatic carbocycles. The Labute approximate surface area is 83.3 Å². The van der Waals surface area contributed by atoms with Gasteiger partial charge in [-0.15, -0.1) is 0 Å². The van der Waals surface area contributed by atoms with Crippen molar-refractivity contribution < 1.29 is 14.6 Å². The summed E-state index contributed by atoms with van der Waals surface area (Å²) in [5.74, 6) is 0. The summed E-state index contributed by atoms with van der Waals surface area (Å²) in [5, 5.41) is 9.42. The predicted octanol–water partition coefficient (Wildman–Crippen LogP) is 1.31. The monoisotopic (exact) mass is 194 g/mol. The molecule has 3 heteroatoms. The highest BCUT2D eigenvalue weighted by molar-refractivity contribution is 5.13. The zero-order valence-electron chi connectivity index (χ0n) is 7.93. The quantitative estimate of drug-likeness (QED) is 0.788. The van der Waals surface area contributed by atoms with Crippen molar-refractivity contribution in [3.05, 3.63) is 35.9 Å². The highest BCUT2D eigenvalue weighted by Crippen LogP contribution is 2.16. The topological polar surface area (TPSA) is 38.7 Å². The minimum atomic E-state index is -0.473. The highest BCUT2D eigenvalue weighted by Gasteiger charge is 2.26. The Morgan fingerprint density at radius 2 is 2.14 bits per heavy atom. The predicted molar refractivity (Wildman–Crippen MR) is 51.6 cm³/mol. The van der Waals surface area contributed by atoms with E-state index in [1.54, 1.807) is 0 Å². The van der Waals surface area contributed by atoms with Crippen molar-refractivity contribution in [1.82, 2.24) is 0 Å². The first-order chi connectivity index (χ1) is 6.86. The molecule has 0 saturated carbocycles. The van der Waals surface area contributed by atoms with Gasteiger partial charge in [-0.1, -0.05) is 30.3 Å². The summed E-state index contributed by atoms with van der Waals surface area (Å²) in [4.78, 5) is 0. The zero-order valence-corrected chi connectivity index (χ0v) is 7.93. The molecule has 76 valence electrons. The van der Waals surface area contributed by atoms with E-state index in [1.165, 1.54) is 0 Å². The Bertz CT molecular complexity index is 273. The molecule has 1 aliphatic heterocycles. The highest BCUT2D eigenvalue weighted by atomic mass is 16.7. The van der Waals surface area contributed by atoms with Gasteiger partial charge in [0.1, 0.15) is 6.10 Å². The largest absolute Gasteiger partial charge is 0.388 e. The van der Waals surface area contributed by atoms with E-state index in [0.717, 1.165) is 5.56 Å². The van der Waals surface area contributed by atoms with Crippen LogP contribution in [0, 0.1) is 0 Å². The van der Waals surface area contributed by atoms with Gasteiger partial charge in [-0.05, 0) is 5.56 Å². The smallest absolute Gasteiger partial charge is 0.183 e. The number of ether oxygens (including phenoxy) is 2. The van der Waals surface area contributed by atoms with Gasteiger partial charge in [0.15, 0.2) is 6.29 Å². The number of hydrogen-bond acceptors (Lipinski definition) is 3. The van der Waals surface area contributed by atoms with Crippen LogP contribution in [0.5, 0.6) is 0 Å². The standard InChI is InChI=1S/C11H14O3/c12-10-6-7-13-11(10)14-8-9-4-2-1-3-5-9/h1-5,10-12H,6-8H2/t10-,11-/m0/s1. The fourth-order valence-corrected chi connectivity index (χ4v) is 1.46. The lowest BCUT2D eigenvalue weighted by Gasteiger charge is -2.14. The summed E-state index contributed by atoms with van der Waals surface area (Å²) in [6, 6.07) is 9.86. The molecule has 0 unspecified atom stereocenters. The van der Waals surface area contributed by atoms with Gasteiger partial charge in [-0.25, -0.2) is 0 Å². The van der Waals surface area contributed by atoms with E-state index >= 15 is 0 Å². The molecular formula is C11H14O3. The molecule has 1 aromatic rings. The molecule has 0 spiro atoms. The Kier molecular flexibility index (Phi) is 3.14. The van der Waals surface area contributed by atoms with Crippen molar-refractivity contribution in [2.45, 2.75) is 25.4 Å². The van der Waals surface area contributed by atoms with Crippen molar-refractivity contribution in [3.63, 3.8) is 0 Å². The molecular weight excluding hydrogens is 180 g/mol. The third-order valence-electron chi connectivity index (χ3n) is 2.27. The van der Waals surface area contributed by atoms with Gasteiger partial charge < -0.3 is 14.6 Å². The molecule has 1 aromatic carbocycles. The van der Waals surface area contributed by atoms with Crippen LogP contribution in [0.3, 0.4) is 0 Å². The molecule has 2 atom stereocenters. The van der Waals surface area contributed by atoms with Gasteiger partial charge >= 0.3 is 0 Å². The van der Waals surface area contributed by atoms with Crippen LogP contribution in [0.25, 0.3) is 0 Å². The molecule has 0 radical (unpaired) electrons. The molecule has 1 saturated heterocycles. The maximum atomic E-state index is 9.42. The van der Waals surface area contributed by atoms with E-state index in [1.807, 2.05) is 30.3 Å². The van der Waals surface area contributed by atoms with E-state index in [4.69, 9.17) is 9.47 Å². The summed E-state index contributed by atoms with van der Waals surface area (Å²) in [6.45, 7) is 1.07. The van der Waals surface area contributed by atoms with Gasteiger partial charge in [-0.2, -0.15) is 0 Å². The third-order valence-corrected chi connectivity index (χ3v) is 2.27. The van der Waals surface area contributed by atoms with Crippen molar-refractivity contribution >= 4 is 0 Å². The Morgan fingerprint density at radius 1 is 1.36 bits per heavy atom. The Morgan fingerprint density at radius 3 is 2.79 bits per heavy atom. The SMILES string of the molecule is O[C@H]1CCO[C@H]1OCc1ccccc1. The molecule has 1 aliphatic rings. The molecule has 0 aromatic heterocycles. The molecule has 2 rings (SSSR count). The first-order valence-corrected chi connectivity index (χ1v) is 4.81. The van der Waals surface area contributed by atoms with E-state index in [2.05, 4.69) is 0 Å². The fraction of sp³-hybridized carbons (Fsp3) is 0.455. The van der Waals surface area contributed by atoms with Crippen molar-refractivity contribution in [3.8, 4) is 0 Å². The summed E-state index contributed by atoms with van der Waals surface area (Å²) >= 11 is 0. The summed E-state index contributed by atoms with van der Waals surface area (Å²) in [7, 11) is 0. The minimum absolute atomic E-state index is 0.449. The average Bonchev–Trinajstić information content (AvgIpc) is 2.63. The van der Waals surface area contributed by atoms with E-state index in [-0.39, 0.29) is 0 Å². The van der Waals surface area contributed by atoms with Gasteiger partial charge in [0.05, 0.1) is 13.2 Å². The third kappa shape index (κ3) is 2.32. The van der Waals surface area contributed by atoms with Gasteiger partial charge in [0.25, 0.3) is 0 Å². The van der Waals surface area contributed by atoms with Crippen LogP contribution >= 0.6 is 0 Å². The van der Waals surface area contributed by atoms with Crippen molar-refractivity contribution in [2.24, 2.45) is 0 Å². The molecule has 14 heavy (non-hydrogen) atoms. The van der Waals surface area contributed by atoms with Crippen LogP contribution in [-0.2, 0) is 16.1 Å². The number of aliphatic hydroxyl groups is 1. The minimum Gasteiger partial charge on any atom is -0.388 e. The maximum absolute atomic E-state index is 9.42. The summed E-state index contributed by atoms with van der Waals surface area (Å²) < 4.78 is 10.6. The van der Waals surface area contributed by atoms with E-state index in [9.17, 15) is 5.11 Å². The molecule has 1 fully saturated rings. The van der Waals surface area contributed by atoms with Crippen molar-refractivity contribution in [2.75, 3.05) is 6.61 Å². The zero-order chi connectivity index (χ0) is 9.80. The lowest BCUT2D eigenvalue weighted by atomic mass is 10.2. The lowest BCUT2D eigenvalue weighted by molar-refractivity contribution is -0.157. The van der Waals surface area contributed by atoms with E-state index in [0.29, 0.717) is 19.6 Å². The molecule has 1 N–H and O–H groups in total. The number of hydrogen-bond donors (Lipinski definition) is 1. The second-order valence-corrected chi connectivity index (χ2v) is 3.39. The normalized spacial score (nSPS) is 26.6. The molecule has 0 bridgehead atoms. The number of aliphatic hydroxyl groups excluding tert-OH is 1. The molecule has 0 amide bonds. The van der Waals surface area contributed by atoms with Gasteiger partial charge in [0, 0.05) is 6.42 Å². The summed E-state index contributed by atoms with van der Waals surface area (Å²) in [5.41, 5.74) is 1.09.